The molecule has 2 aromatic carbocycles. The number of aryl methyl sites for hydroxylation is 1. The van der Waals surface area contributed by atoms with Gasteiger partial charge in [0.1, 0.15) is 5.75 Å². The van der Waals surface area contributed by atoms with E-state index in [4.69, 9.17) is 4.74 Å². The van der Waals surface area contributed by atoms with Gasteiger partial charge in [0.05, 0.1) is 5.69 Å². The molecule has 0 atom stereocenters. The Morgan fingerprint density at radius 1 is 1.17 bits per heavy atom. The molecule has 1 aliphatic rings. The van der Waals surface area contributed by atoms with Crippen LogP contribution >= 0.6 is 0 Å². The fraction of sp³-hybridized carbons (Fsp3) is 0.304. The number of hydrogen-bond acceptors (Lipinski definition) is 3. The summed E-state index contributed by atoms with van der Waals surface area (Å²) in [4.78, 5) is 29.5. The van der Waals surface area contributed by atoms with E-state index in [0.717, 1.165) is 18.5 Å². The molecule has 0 saturated carbocycles. The second kappa shape index (κ2) is 8.39. The molecular weight excluding hydrogens is 366 g/mol. The number of benzene rings is 2. The number of anilines is 1. The number of para-hydroxylation sites is 3. The van der Waals surface area contributed by atoms with Crippen LogP contribution in [0.4, 0.5) is 5.69 Å². The summed E-state index contributed by atoms with van der Waals surface area (Å²) in [5.74, 6) is 0.496. The lowest BCUT2D eigenvalue weighted by atomic mass is 10.1. The zero-order chi connectivity index (χ0) is 20.2. The molecule has 0 saturated heterocycles. The van der Waals surface area contributed by atoms with Gasteiger partial charge in [-0.25, -0.2) is 0 Å². The predicted octanol–water partition coefficient (Wildman–Crippen LogP) is 3.20. The number of rotatable bonds is 7. The summed E-state index contributed by atoms with van der Waals surface area (Å²) in [7, 11) is 0. The minimum absolute atomic E-state index is 0.0128. The molecular formula is C23H25N3O3. The topological polar surface area (TPSA) is 74.4 Å². The van der Waals surface area contributed by atoms with E-state index in [-0.39, 0.29) is 24.8 Å². The minimum Gasteiger partial charge on any atom is -0.482 e. The van der Waals surface area contributed by atoms with E-state index >= 15 is 0 Å². The van der Waals surface area contributed by atoms with E-state index in [1.807, 2.05) is 30.5 Å². The van der Waals surface area contributed by atoms with Gasteiger partial charge in [0.25, 0.3) is 5.91 Å². The maximum absolute atomic E-state index is 12.3. The fourth-order valence-electron chi connectivity index (χ4n) is 3.81. The number of fused-ring (bicyclic) bond motifs is 2. The number of aromatic nitrogens is 1. The Hall–Kier alpha value is -3.28. The summed E-state index contributed by atoms with van der Waals surface area (Å²) in [6.07, 6.45) is 4.03. The Kier molecular flexibility index (Phi) is 5.51. The molecule has 0 radical (unpaired) electrons. The van der Waals surface area contributed by atoms with Crippen molar-refractivity contribution in [2.24, 2.45) is 0 Å². The molecule has 1 aliphatic heterocycles. The van der Waals surface area contributed by atoms with Crippen molar-refractivity contribution < 1.29 is 14.3 Å². The highest BCUT2D eigenvalue weighted by Gasteiger charge is 2.25. The van der Waals surface area contributed by atoms with Crippen LogP contribution in [-0.2, 0) is 22.4 Å². The van der Waals surface area contributed by atoms with Gasteiger partial charge in [-0.1, -0.05) is 37.3 Å². The van der Waals surface area contributed by atoms with Crippen LogP contribution < -0.4 is 15.0 Å². The van der Waals surface area contributed by atoms with Gasteiger partial charge in [-0.2, -0.15) is 0 Å². The quantitative estimate of drug-likeness (QED) is 0.650. The molecule has 4 rings (SSSR count). The van der Waals surface area contributed by atoms with E-state index in [9.17, 15) is 9.59 Å². The third-order valence-corrected chi connectivity index (χ3v) is 5.36. The molecule has 2 amide bonds. The average Bonchev–Trinajstić information content (AvgIpc) is 3.16. The number of ether oxygens (including phenoxy) is 1. The second-order valence-corrected chi connectivity index (χ2v) is 7.16. The normalized spacial score (nSPS) is 13.3. The Bertz CT molecular complexity index is 1040. The lowest BCUT2D eigenvalue weighted by molar-refractivity contribution is -0.122. The van der Waals surface area contributed by atoms with Gasteiger partial charge in [-0.15, -0.1) is 0 Å². The molecule has 0 spiro atoms. The number of amides is 2. The number of carbonyl (C=O) groups excluding carboxylic acids is 2. The first-order chi connectivity index (χ1) is 14.2. The number of carbonyl (C=O) groups is 2. The van der Waals surface area contributed by atoms with Crippen molar-refractivity contribution in [1.29, 1.82) is 0 Å². The van der Waals surface area contributed by atoms with Gasteiger partial charge >= 0.3 is 0 Å². The fourth-order valence-corrected chi connectivity index (χ4v) is 3.81. The lowest BCUT2D eigenvalue weighted by Crippen LogP contribution is -2.41. The zero-order valence-corrected chi connectivity index (χ0v) is 16.5. The molecule has 1 aromatic heterocycles. The highest BCUT2D eigenvalue weighted by Crippen LogP contribution is 2.31. The van der Waals surface area contributed by atoms with Gasteiger partial charge in [0.15, 0.2) is 6.61 Å². The molecule has 0 unspecified atom stereocenters. The van der Waals surface area contributed by atoms with Crippen LogP contribution in [-0.4, -0.2) is 36.5 Å². The van der Waals surface area contributed by atoms with E-state index in [1.54, 1.807) is 4.90 Å². The molecule has 2 heterocycles. The van der Waals surface area contributed by atoms with Crippen LogP contribution in [0.2, 0.25) is 0 Å². The Balaban J connectivity index is 1.31. The number of aromatic amines is 1. The second-order valence-electron chi connectivity index (χ2n) is 7.16. The Labute approximate surface area is 169 Å². The van der Waals surface area contributed by atoms with Crippen molar-refractivity contribution in [1.82, 2.24) is 10.3 Å². The van der Waals surface area contributed by atoms with E-state index < -0.39 is 0 Å². The zero-order valence-electron chi connectivity index (χ0n) is 16.5. The maximum Gasteiger partial charge on any atom is 0.265 e. The minimum atomic E-state index is -0.123. The van der Waals surface area contributed by atoms with Crippen LogP contribution in [0.15, 0.2) is 48.7 Å². The first-order valence-electron chi connectivity index (χ1n) is 10.0. The van der Waals surface area contributed by atoms with Gasteiger partial charge in [0, 0.05) is 36.6 Å². The van der Waals surface area contributed by atoms with Crippen molar-refractivity contribution in [3.63, 3.8) is 0 Å². The number of H-pyrrole nitrogens is 1. The number of nitrogens with zero attached hydrogens (tertiary/aromatic N) is 1. The van der Waals surface area contributed by atoms with E-state index in [2.05, 4.69) is 35.4 Å². The van der Waals surface area contributed by atoms with Gasteiger partial charge < -0.3 is 19.9 Å². The first kappa shape index (κ1) is 19.1. The number of hydrogen-bond donors (Lipinski definition) is 2. The SMILES string of the molecule is CCc1cccc2c(CCNC(=O)CCN3C(=O)COc4ccccc43)c[nH]c12. The third-order valence-electron chi connectivity index (χ3n) is 5.36. The Morgan fingerprint density at radius 3 is 2.90 bits per heavy atom. The van der Waals surface area contributed by atoms with Crippen LogP contribution in [0.5, 0.6) is 5.75 Å². The van der Waals surface area contributed by atoms with Crippen LogP contribution in [0.1, 0.15) is 24.5 Å². The molecule has 29 heavy (non-hydrogen) atoms. The van der Waals surface area contributed by atoms with Crippen molar-refractivity contribution in [3.05, 3.63) is 59.8 Å². The Morgan fingerprint density at radius 2 is 2.03 bits per heavy atom. The van der Waals surface area contributed by atoms with E-state index in [0.29, 0.717) is 18.8 Å². The summed E-state index contributed by atoms with van der Waals surface area (Å²) in [5.41, 5.74) is 4.41. The van der Waals surface area contributed by atoms with Crippen LogP contribution in [0.25, 0.3) is 10.9 Å². The third kappa shape index (κ3) is 3.97. The first-order valence-corrected chi connectivity index (χ1v) is 10.0. The summed E-state index contributed by atoms with van der Waals surface area (Å²) in [5, 5.41) is 4.19. The summed E-state index contributed by atoms with van der Waals surface area (Å²) in [6.45, 7) is 3.07. The molecule has 6 nitrogen and oxygen atoms in total. The highest BCUT2D eigenvalue weighted by atomic mass is 16.5. The number of nitrogens with one attached hydrogen (secondary N) is 2. The van der Waals surface area contributed by atoms with Crippen molar-refractivity contribution in [2.45, 2.75) is 26.2 Å². The molecule has 0 aliphatic carbocycles. The predicted molar refractivity (Wildman–Crippen MR) is 113 cm³/mol. The summed E-state index contributed by atoms with van der Waals surface area (Å²) in [6, 6.07) is 13.7. The van der Waals surface area contributed by atoms with E-state index in [1.165, 1.54) is 22.0 Å². The van der Waals surface area contributed by atoms with Crippen molar-refractivity contribution >= 4 is 28.4 Å². The van der Waals surface area contributed by atoms with Crippen molar-refractivity contribution in [3.8, 4) is 5.75 Å². The highest BCUT2D eigenvalue weighted by molar-refractivity contribution is 5.98. The standard InChI is InChI=1S/C23H25N3O3/c1-2-16-6-5-7-18-17(14-25-23(16)18)10-12-24-21(27)11-13-26-19-8-3-4-9-20(19)29-15-22(26)28/h3-9,14,25H,2,10-13,15H2,1H3,(H,24,27). The lowest BCUT2D eigenvalue weighted by Gasteiger charge is -2.29. The van der Waals surface area contributed by atoms with Gasteiger partial charge in [0.2, 0.25) is 5.91 Å². The average molecular weight is 391 g/mol. The maximum atomic E-state index is 12.3. The van der Waals surface area contributed by atoms with Crippen LogP contribution in [0, 0.1) is 0 Å². The van der Waals surface area contributed by atoms with Crippen LogP contribution in [0.3, 0.4) is 0 Å². The molecule has 0 bridgehead atoms. The monoisotopic (exact) mass is 391 g/mol. The molecule has 150 valence electrons. The van der Waals surface area contributed by atoms with Gasteiger partial charge in [-0.05, 0) is 36.1 Å². The largest absolute Gasteiger partial charge is 0.482 e. The molecule has 6 heteroatoms. The molecule has 3 aromatic rings. The van der Waals surface area contributed by atoms with Crippen molar-refractivity contribution in [2.75, 3.05) is 24.6 Å². The smallest absolute Gasteiger partial charge is 0.265 e. The summed E-state index contributed by atoms with van der Waals surface area (Å²) < 4.78 is 5.44. The van der Waals surface area contributed by atoms with Gasteiger partial charge in [-0.3, -0.25) is 9.59 Å². The summed E-state index contributed by atoms with van der Waals surface area (Å²) >= 11 is 0. The molecule has 2 N–H and O–H groups in total. The molecule has 0 fully saturated rings.